The summed E-state index contributed by atoms with van der Waals surface area (Å²) in [5.74, 6) is -0.0740. The van der Waals surface area contributed by atoms with Crippen molar-refractivity contribution in [3.8, 4) is 0 Å². The average molecular weight is 352 g/mol. The van der Waals surface area contributed by atoms with E-state index in [4.69, 9.17) is 14.2 Å². The van der Waals surface area contributed by atoms with Gasteiger partial charge in [0.2, 0.25) is 6.10 Å². The summed E-state index contributed by atoms with van der Waals surface area (Å²) in [6.45, 7) is 0.125. The Balaban J connectivity index is 4.23. The molecule has 6 nitrogen and oxygen atoms in total. The maximum absolute atomic E-state index is 13.6. The Hall–Kier alpha value is -0.520. The van der Waals surface area contributed by atoms with Crippen LogP contribution in [0.5, 0.6) is 0 Å². The van der Waals surface area contributed by atoms with Gasteiger partial charge in [-0.1, -0.05) is 0 Å². The zero-order valence-electron chi connectivity index (χ0n) is 13.7. The van der Waals surface area contributed by atoms with Gasteiger partial charge in [-0.3, -0.25) is 0 Å². The van der Waals surface area contributed by atoms with Crippen LogP contribution >= 0.6 is 0 Å². The molecule has 0 heterocycles. The second-order valence-electron chi connectivity index (χ2n) is 4.64. The third-order valence-corrected chi connectivity index (χ3v) is 2.80. The van der Waals surface area contributed by atoms with Crippen molar-refractivity contribution in [2.45, 2.75) is 18.3 Å². The Morgan fingerprint density at radius 1 is 0.783 bits per heavy atom. The SMILES string of the molecule is COCC(COC)COCCOC(F)(F)C(OC)C(F)(F)OC. The fraction of sp³-hybridized carbons (Fsp3) is 1.00. The fourth-order valence-corrected chi connectivity index (χ4v) is 1.76. The van der Waals surface area contributed by atoms with Crippen LogP contribution in [0.15, 0.2) is 0 Å². The molecule has 23 heavy (non-hydrogen) atoms. The summed E-state index contributed by atoms with van der Waals surface area (Å²) in [7, 11) is 4.32. The van der Waals surface area contributed by atoms with Crippen molar-refractivity contribution in [2.24, 2.45) is 5.92 Å². The van der Waals surface area contributed by atoms with E-state index in [1.54, 1.807) is 0 Å². The number of ether oxygens (including phenoxy) is 6. The van der Waals surface area contributed by atoms with Gasteiger partial charge < -0.3 is 28.4 Å². The van der Waals surface area contributed by atoms with Crippen LogP contribution in [0.25, 0.3) is 0 Å². The first-order valence-electron chi connectivity index (χ1n) is 6.78. The first-order chi connectivity index (χ1) is 10.7. The van der Waals surface area contributed by atoms with Crippen molar-refractivity contribution >= 4 is 0 Å². The first-order valence-corrected chi connectivity index (χ1v) is 6.78. The molecule has 0 aromatic heterocycles. The number of halogens is 4. The van der Waals surface area contributed by atoms with Crippen LogP contribution in [0.4, 0.5) is 17.6 Å². The molecule has 1 atom stereocenters. The molecule has 0 spiro atoms. The van der Waals surface area contributed by atoms with Crippen molar-refractivity contribution in [3.05, 3.63) is 0 Å². The molecule has 0 radical (unpaired) electrons. The molecule has 0 aliphatic heterocycles. The molecule has 0 aromatic rings. The van der Waals surface area contributed by atoms with Crippen molar-refractivity contribution in [3.63, 3.8) is 0 Å². The minimum absolute atomic E-state index is 0.0740. The summed E-state index contributed by atoms with van der Waals surface area (Å²) in [5, 5.41) is 0. The number of methoxy groups -OCH3 is 4. The van der Waals surface area contributed by atoms with E-state index in [-0.39, 0.29) is 19.1 Å². The van der Waals surface area contributed by atoms with Crippen LogP contribution in [0.3, 0.4) is 0 Å². The molecule has 0 N–H and O–H groups in total. The van der Waals surface area contributed by atoms with E-state index in [0.29, 0.717) is 27.4 Å². The molecule has 140 valence electrons. The molecule has 0 aliphatic carbocycles. The van der Waals surface area contributed by atoms with Gasteiger partial charge in [0.15, 0.2) is 0 Å². The summed E-state index contributed by atoms with van der Waals surface area (Å²) < 4.78 is 80.6. The Morgan fingerprint density at radius 2 is 1.35 bits per heavy atom. The third-order valence-electron chi connectivity index (χ3n) is 2.80. The largest absolute Gasteiger partial charge is 0.390 e. The molecule has 0 aromatic carbocycles. The molecule has 0 saturated heterocycles. The highest BCUT2D eigenvalue weighted by Crippen LogP contribution is 2.34. The fourth-order valence-electron chi connectivity index (χ4n) is 1.76. The lowest BCUT2D eigenvalue weighted by molar-refractivity contribution is -0.384. The van der Waals surface area contributed by atoms with Crippen molar-refractivity contribution in [1.82, 2.24) is 0 Å². The van der Waals surface area contributed by atoms with Crippen LogP contribution in [0.2, 0.25) is 0 Å². The summed E-state index contributed by atoms with van der Waals surface area (Å²) in [5.41, 5.74) is 0. The minimum Gasteiger partial charge on any atom is -0.384 e. The maximum Gasteiger partial charge on any atom is 0.390 e. The Morgan fingerprint density at radius 3 is 1.78 bits per heavy atom. The molecule has 0 rings (SSSR count). The van der Waals surface area contributed by atoms with E-state index in [9.17, 15) is 17.6 Å². The van der Waals surface area contributed by atoms with Gasteiger partial charge in [-0.25, -0.2) is 0 Å². The molecule has 0 aliphatic rings. The molecular weight excluding hydrogens is 328 g/mol. The van der Waals surface area contributed by atoms with Gasteiger partial charge in [0.05, 0.1) is 33.0 Å². The topological polar surface area (TPSA) is 55.4 Å². The van der Waals surface area contributed by atoms with Crippen molar-refractivity contribution in [1.29, 1.82) is 0 Å². The lowest BCUT2D eigenvalue weighted by atomic mass is 10.2. The monoisotopic (exact) mass is 352 g/mol. The average Bonchev–Trinajstić information content (AvgIpc) is 2.47. The predicted molar refractivity (Wildman–Crippen MR) is 71.7 cm³/mol. The van der Waals surface area contributed by atoms with E-state index >= 15 is 0 Å². The molecule has 0 bridgehead atoms. The van der Waals surface area contributed by atoms with Crippen molar-refractivity contribution < 1.29 is 46.0 Å². The van der Waals surface area contributed by atoms with Gasteiger partial charge in [0.1, 0.15) is 0 Å². The minimum atomic E-state index is -4.24. The number of rotatable bonds is 14. The molecule has 1 unspecified atom stereocenters. The maximum atomic E-state index is 13.6. The smallest absolute Gasteiger partial charge is 0.384 e. The molecule has 0 amide bonds. The Bertz CT molecular complexity index is 300. The number of hydrogen-bond acceptors (Lipinski definition) is 6. The van der Waals surface area contributed by atoms with Gasteiger partial charge in [0.25, 0.3) is 0 Å². The van der Waals surface area contributed by atoms with E-state index in [1.165, 1.54) is 14.2 Å². The third kappa shape index (κ3) is 8.23. The van der Waals surface area contributed by atoms with Crippen LogP contribution in [-0.2, 0) is 28.4 Å². The molecular formula is C13H24F4O6. The van der Waals surface area contributed by atoms with Gasteiger partial charge >= 0.3 is 12.2 Å². The Labute approximate surface area is 132 Å². The lowest BCUT2D eigenvalue weighted by Gasteiger charge is -2.30. The van der Waals surface area contributed by atoms with E-state index in [2.05, 4.69) is 14.2 Å². The highest BCUT2D eigenvalue weighted by atomic mass is 19.3. The second kappa shape index (κ2) is 11.1. The Kier molecular flexibility index (Phi) is 10.9. The van der Waals surface area contributed by atoms with Crippen LogP contribution in [0, 0.1) is 5.92 Å². The molecule has 0 saturated carbocycles. The molecule has 10 heteroatoms. The summed E-state index contributed by atoms with van der Waals surface area (Å²) in [6, 6.07) is 0. The van der Waals surface area contributed by atoms with Gasteiger partial charge in [-0.2, -0.15) is 17.6 Å². The van der Waals surface area contributed by atoms with E-state index in [0.717, 1.165) is 0 Å². The van der Waals surface area contributed by atoms with E-state index in [1.807, 2.05) is 0 Å². The predicted octanol–water partition coefficient (Wildman–Crippen LogP) is 1.78. The zero-order valence-corrected chi connectivity index (χ0v) is 13.7. The van der Waals surface area contributed by atoms with Gasteiger partial charge in [0, 0.05) is 34.4 Å². The summed E-state index contributed by atoms with van der Waals surface area (Å²) >= 11 is 0. The van der Waals surface area contributed by atoms with E-state index < -0.39 is 24.9 Å². The highest BCUT2D eigenvalue weighted by molar-refractivity contribution is 4.77. The zero-order chi connectivity index (χ0) is 17.9. The number of hydrogen-bond donors (Lipinski definition) is 0. The lowest BCUT2D eigenvalue weighted by Crippen LogP contribution is -2.51. The first kappa shape index (κ1) is 22.5. The summed E-state index contributed by atoms with van der Waals surface area (Å²) in [6.07, 6.45) is -11.3. The van der Waals surface area contributed by atoms with Crippen LogP contribution in [-0.4, -0.2) is 79.8 Å². The summed E-state index contributed by atoms with van der Waals surface area (Å²) in [4.78, 5) is 0. The van der Waals surface area contributed by atoms with Crippen LogP contribution in [0.1, 0.15) is 0 Å². The normalized spacial score (nSPS) is 14.5. The van der Waals surface area contributed by atoms with Crippen molar-refractivity contribution in [2.75, 3.05) is 61.5 Å². The van der Waals surface area contributed by atoms with Crippen LogP contribution < -0.4 is 0 Å². The quantitative estimate of drug-likeness (QED) is 0.351. The number of alkyl halides is 4. The van der Waals surface area contributed by atoms with Gasteiger partial charge in [-0.05, 0) is 0 Å². The second-order valence-corrected chi connectivity index (χ2v) is 4.64. The standard InChI is InChI=1S/C13H24F4O6/c1-18-7-10(8-19-2)9-22-5-6-23-13(16,17)11(20-3)12(14,15)21-4/h10-11H,5-9H2,1-4H3. The highest BCUT2D eigenvalue weighted by Gasteiger charge is 2.57. The molecule has 0 fully saturated rings. The van der Waals surface area contributed by atoms with Gasteiger partial charge in [-0.15, -0.1) is 0 Å².